The van der Waals surface area contributed by atoms with E-state index in [0.29, 0.717) is 29.3 Å². The number of amides is 1. The summed E-state index contributed by atoms with van der Waals surface area (Å²) in [5, 5.41) is 11.6. The summed E-state index contributed by atoms with van der Waals surface area (Å²) in [4.78, 5) is 27.2. The van der Waals surface area contributed by atoms with Gasteiger partial charge in [-0.15, -0.1) is 0 Å². The first kappa shape index (κ1) is 20.0. The standard InChI is InChI=1S/C24H20ClNO4/c1-15-4-8-17(9-5-15)22(27)20-21(19-3-2-14-30-19)26(24(29)23(20)28)13-12-16-6-10-18(25)11-7-16/h2-11,14,21,27H,12-13H2,1H3/b22-20-. The van der Waals surface area contributed by atoms with E-state index in [4.69, 9.17) is 16.0 Å². The lowest BCUT2D eigenvalue weighted by Crippen LogP contribution is -2.31. The van der Waals surface area contributed by atoms with Gasteiger partial charge in [0, 0.05) is 17.1 Å². The molecular formula is C24H20ClNO4. The highest BCUT2D eigenvalue weighted by Crippen LogP contribution is 2.39. The molecule has 2 aromatic carbocycles. The molecule has 4 rings (SSSR count). The predicted molar refractivity (Wildman–Crippen MR) is 114 cm³/mol. The summed E-state index contributed by atoms with van der Waals surface area (Å²) in [5.41, 5.74) is 2.53. The Morgan fingerprint density at radius 1 is 1.07 bits per heavy atom. The van der Waals surface area contributed by atoms with Crippen molar-refractivity contribution in [2.24, 2.45) is 0 Å². The summed E-state index contributed by atoms with van der Waals surface area (Å²) < 4.78 is 5.54. The molecule has 0 bridgehead atoms. The number of aliphatic hydroxyl groups is 1. The largest absolute Gasteiger partial charge is 0.507 e. The minimum absolute atomic E-state index is 0.0370. The van der Waals surface area contributed by atoms with Gasteiger partial charge in [-0.1, -0.05) is 53.6 Å². The van der Waals surface area contributed by atoms with Crippen molar-refractivity contribution in [2.45, 2.75) is 19.4 Å². The maximum absolute atomic E-state index is 12.9. The first-order valence-corrected chi connectivity index (χ1v) is 9.97. The van der Waals surface area contributed by atoms with Crippen LogP contribution in [0.2, 0.25) is 5.02 Å². The zero-order valence-electron chi connectivity index (χ0n) is 16.3. The van der Waals surface area contributed by atoms with E-state index in [0.717, 1.165) is 11.1 Å². The predicted octanol–water partition coefficient (Wildman–Crippen LogP) is 4.91. The molecule has 0 radical (unpaired) electrons. The third kappa shape index (κ3) is 3.76. The number of Topliss-reactive ketones (excluding diaryl/α,β-unsaturated/α-hetero) is 1. The van der Waals surface area contributed by atoms with Gasteiger partial charge in [-0.2, -0.15) is 0 Å². The van der Waals surface area contributed by atoms with Crippen LogP contribution in [0.4, 0.5) is 0 Å². The van der Waals surface area contributed by atoms with Crippen molar-refractivity contribution in [3.8, 4) is 0 Å². The van der Waals surface area contributed by atoms with Crippen LogP contribution in [-0.2, 0) is 16.0 Å². The third-order valence-electron chi connectivity index (χ3n) is 5.23. The second-order valence-electron chi connectivity index (χ2n) is 7.25. The first-order chi connectivity index (χ1) is 14.5. The van der Waals surface area contributed by atoms with Crippen molar-refractivity contribution < 1.29 is 19.1 Å². The second kappa shape index (κ2) is 8.20. The van der Waals surface area contributed by atoms with Crippen LogP contribution in [0.25, 0.3) is 5.76 Å². The summed E-state index contributed by atoms with van der Waals surface area (Å²) in [6.45, 7) is 2.23. The molecule has 1 unspecified atom stereocenters. The van der Waals surface area contributed by atoms with Crippen molar-refractivity contribution in [2.75, 3.05) is 6.54 Å². The third-order valence-corrected chi connectivity index (χ3v) is 5.48. The van der Waals surface area contributed by atoms with E-state index in [2.05, 4.69) is 0 Å². The molecule has 0 aliphatic carbocycles. The van der Waals surface area contributed by atoms with E-state index < -0.39 is 17.7 Å². The van der Waals surface area contributed by atoms with Crippen molar-refractivity contribution in [3.05, 3.63) is 100.0 Å². The Balaban J connectivity index is 1.72. The van der Waals surface area contributed by atoms with Crippen molar-refractivity contribution >= 4 is 29.1 Å². The Morgan fingerprint density at radius 2 is 1.77 bits per heavy atom. The number of furan rings is 1. The van der Waals surface area contributed by atoms with Gasteiger partial charge in [0.05, 0.1) is 11.8 Å². The van der Waals surface area contributed by atoms with Crippen LogP contribution in [0, 0.1) is 6.92 Å². The van der Waals surface area contributed by atoms with Crippen LogP contribution in [-0.4, -0.2) is 28.2 Å². The normalized spacial score (nSPS) is 18.2. The van der Waals surface area contributed by atoms with Crippen LogP contribution in [0.3, 0.4) is 0 Å². The van der Waals surface area contributed by atoms with E-state index in [1.807, 2.05) is 31.2 Å². The Kier molecular flexibility index (Phi) is 5.46. The SMILES string of the molecule is Cc1ccc(/C(O)=C2/C(=O)C(=O)N(CCc3ccc(Cl)cc3)C2c2ccco2)cc1. The number of carbonyl (C=O) groups excluding carboxylic acids is 2. The van der Waals surface area contributed by atoms with Crippen molar-refractivity contribution in [1.29, 1.82) is 0 Å². The Bertz CT molecular complexity index is 1100. The van der Waals surface area contributed by atoms with Gasteiger partial charge in [-0.25, -0.2) is 0 Å². The Morgan fingerprint density at radius 3 is 2.40 bits per heavy atom. The van der Waals surface area contributed by atoms with Gasteiger partial charge in [-0.3, -0.25) is 9.59 Å². The fourth-order valence-corrected chi connectivity index (χ4v) is 3.75. The number of ketones is 1. The van der Waals surface area contributed by atoms with Gasteiger partial charge < -0.3 is 14.4 Å². The number of likely N-dealkylation sites (tertiary alicyclic amines) is 1. The summed E-state index contributed by atoms with van der Waals surface area (Å²) in [5.74, 6) is -1.15. The molecule has 5 nitrogen and oxygen atoms in total. The van der Waals surface area contributed by atoms with E-state index in [1.165, 1.54) is 11.2 Å². The lowest BCUT2D eigenvalue weighted by atomic mass is 9.98. The highest BCUT2D eigenvalue weighted by atomic mass is 35.5. The van der Waals surface area contributed by atoms with Gasteiger partial charge in [0.15, 0.2) is 0 Å². The minimum Gasteiger partial charge on any atom is -0.507 e. The molecule has 1 aliphatic rings. The van der Waals surface area contributed by atoms with Gasteiger partial charge in [0.1, 0.15) is 17.6 Å². The molecule has 1 saturated heterocycles. The molecule has 3 aromatic rings. The fourth-order valence-electron chi connectivity index (χ4n) is 3.62. The average molecular weight is 422 g/mol. The topological polar surface area (TPSA) is 70.8 Å². The summed E-state index contributed by atoms with van der Waals surface area (Å²) in [6, 6.07) is 17.1. The van der Waals surface area contributed by atoms with Crippen LogP contribution >= 0.6 is 11.6 Å². The smallest absolute Gasteiger partial charge is 0.295 e. The van der Waals surface area contributed by atoms with Crippen LogP contribution in [0.5, 0.6) is 0 Å². The van der Waals surface area contributed by atoms with Crippen molar-refractivity contribution in [1.82, 2.24) is 4.90 Å². The number of hydrogen-bond donors (Lipinski definition) is 1. The lowest BCUT2D eigenvalue weighted by Gasteiger charge is -2.23. The monoisotopic (exact) mass is 421 g/mol. The molecule has 1 aliphatic heterocycles. The maximum atomic E-state index is 12.9. The second-order valence-corrected chi connectivity index (χ2v) is 7.69. The zero-order valence-corrected chi connectivity index (χ0v) is 17.1. The Labute approximate surface area is 179 Å². The van der Waals surface area contributed by atoms with E-state index in [1.54, 1.807) is 36.4 Å². The number of hydrogen-bond acceptors (Lipinski definition) is 4. The molecule has 0 spiro atoms. The average Bonchev–Trinajstić information content (AvgIpc) is 3.35. The molecule has 2 heterocycles. The molecular weight excluding hydrogens is 402 g/mol. The summed E-state index contributed by atoms with van der Waals surface area (Å²) >= 11 is 5.94. The van der Waals surface area contributed by atoms with E-state index in [-0.39, 0.29) is 11.3 Å². The van der Waals surface area contributed by atoms with E-state index >= 15 is 0 Å². The number of nitrogens with zero attached hydrogens (tertiary/aromatic N) is 1. The number of benzene rings is 2. The summed E-state index contributed by atoms with van der Waals surface area (Å²) in [7, 11) is 0. The molecule has 0 saturated carbocycles. The van der Waals surface area contributed by atoms with E-state index in [9.17, 15) is 14.7 Å². The highest BCUT2D eigenvalue weighted by Gasteiger charge is 2.47. The van der Waals surface area contributed by atoms with Crippen LogP contribution < -0.4 is 0 Å². The molecule has 152 valence electrons. The highest BCUT2D eigenvalue weighted by molar-refractivity contribution is 6.46. The van der Waals surface area contributed by atoms with Gasteiger partial charge >= 0.3 is 0 Å². The molecule has 1 aromatic heterocycles. The summed E-state index contributed by atoms with van der Waals surface area (Å²) in [6.07, 6.45) is 2.02. The van der Waals surface area contributed by atoms with Crippen molar-refractivity contribution in [3.63, 3.8) is 0 Å². The number of aryl methyl sites for hydroxylation is 1. The number of rotatable bonds is 5. The number of aliphatic hydroxyl groups excluding tert-OH is 1. The number of carbonyl (C=O) groups is 2. The molecule has 1 atom stereocenters. The maximum Gasteiger partial charge on any atom is 0.295 e. The number of halogens is 1. The molecule has 1 amide bonds. The fraction of sp³-hybridized carbons (Fsp3) is 0.167. The quantitative estimate of drug-likeness (QED) is 0.361. The molecule has 1 N–H and O–H groups in total. The molecule has 1 fully saturated rings. The Hall–Kier alpha value is -3.31. The first-order valence-electron chi connectivity index (χ1n) is 9.59. The minimum atomic E-state index is -0.784. The zero-order chi connectivity index (χ0) is 21.3. The van der Waals surface area contributed by atoms with Crippen LogP contribution in [0.1, 0.15) is 28.5 Å². The van der Waals surface area contributed by atoms with Gasteiger partial charge in [0.25, 0.3) is 11.7 Å². The lowest BCUT2D eigenvalue weighted by molar-refractivity contribution is -0.140. The van der Waals surface area contributed by atoms with Gasteiger partial charge in [-0.05, 0) is 43.2 Å². The molecule has 30 heavy (non-hydrogen) atoms. The van der Waals surface area contributed by atoms with Crippen LogP contribution in [0.15, 0.2) is 76.9 Å². The van der Waals surface area contributed by atoms with Gasteiger partial charge in [0.2, 0.25) is 0 Å². The molecule has 6 heteroatoms.